The van der Waals surface area contributed by atoms with Gasteiger partial charge in [0.05, 0.1) is 12.6 Å². The molecule has 1 fully saturated rings. The molecule has 3 heteroatoms. The molecule has 0 radical (unpaired) electrons. The lowest BCUT2D eigenvalue weighted by Crippen LogP contribution is -2.30. The summed E-state index contributed by atoms with van der Waals surface area (Å²) in [6, 6.07) is 6.22. The van der Waals surface area contributed by atoms with Gasteiger partial charge in [-0.05, 0) is 48.8 Å². The monoisotopic (exact) mass is 276 g/mol. The summed E-state index contributed by atoms with van der Waals surface area (Å²) in [6.45, 7) is 6.83. The Labute approximate surface area is 122 Å². The van der Waals surface area contributed by atoms with E-state index in [1.54, 1.807) is 0 Å². The Balaban J connectivity index is 2.34. The lowest BCUT2D eigenvalue weighted by molar-refractivity contribution is 0.268. The molecule has 3 N–H and O–H groups in total. The fraction of sp³-hybridized carbons (Fsp3) is 0.647. The quantitative estimate of drug-likeness (QED) is 0.868. The summed E-state index contributed by atoms with van der Waals surface area (Å²) >= 11 is 0. The number of rotatable bonds is 5. The summed E-state index contributed by atoms with van der Waals surface area (Å²) in [5.74, 6) is 0.526. The summed E-state index contributed by atoms with van der Waals surface area (Å²) in [5, 5.41) is 9.26. The summed E-state index contributed by atoms with van der Waals surface area (Å²) in [4.78, 5) is 2.51. The highest BCUT2D eigenvalue weighted by molar-refractivity contribution is 5.57. The molecule has 3 nitrogen and oxygen atoms in total. The van der Waals surface area contributed by atoms with E-state index in [0.29, 0.717) is 5.92 Å². The second kappa shape index (κ2) is 7.09. The van der Waals surface area contributed by atoms with Crippen LogP contribution >= 0.6 is 0 Å². The number of nitrogens with zero attached hydrogens (tertiary/aromatic N) is 1. The van der Waals surface area contributed by atoms with Crippen LogP contribution in [0.25, 0.3) is 0 Å². The van der Waals surface area contributed by atoms with E-state index in [0.717, 1.165) is 25.1 Å². The summed E-state index contributed by atoms with van der Waals surface area (Å²) < 4.78 is 0. The largest absolute Gasteiger partial charge is 0.394 e. The second-order valence-corrected chi connectivity index (χ2v) is 5.96. The number of aliphatic hydroxyl groups excluding tert-OH is 1. The van der Waals surface area contributed by atoms with Gasteiger partial charge in [0.25, 0.3) is 0 Å². The van der Waals surface area contributed by atoms with Gasteiger partial charge in [-0.2, -0.15) is 0 Å². The van der Waals surface area contributed by atoms with Crippen molar-refractivity contribution in [2.45, 2.75) is 51.5 Å². The highest BCUT2D eigenvalue weighted by atomic mass is 16.3. The highest BCUT2D eigenvalue weighted by Gasteiger charge is 2.18. The minimum atomic E-state index is -0.270. The zero-order valence-electron chi connectivity index (χ0n) is 12.8. The second-order valence-electron chi connectivity index (χ2n) is 5.96. The molecule has 1 aromatic rings. The van der Waals surface area contributed by atoms with Crippen molar-refractivity contribution < 1.29 is 5.11 Å². The minimum absolute atomic E-state index is 0.00298. The Morgan fingerprint density at radius 2 is 1.95 bits per heavy atom. The molecule has 112 valence electrons. The Bertz CT molecular complexity index is 427. The van der Waals surface area contributed by atoms with Crippen LogP contribution in [-0.4, -0.2) is 24.8 Å². The third kappa shape index (κ3) is 3.33. The minimum Gasteiger partial charge on any atom is -0.394 e. The number of anilines is 1. The molecule has 0 aromatic heterocycles. The molecule has 2 atom stereocenters. The van der Waals surface area contributed by atoms with Crippen molar-refractivity contribution in [3.8, 4) is 0 Å². The molecular formula is C17H28N2O. The van der Waals surface area contributed by atoms with Gasteiger partial charge in [0, 0.05) is 18.8 Å². The van der Waals surface area contributed by atoms with Gasteiger partial charge in [-0.1, -0.05) is 26.0 Å². The molecule has 0 aliphatic carbocycles. The lowest BCUT2D eigenvalue weighted by atomic mass is 9.92. The zero-order chi connectivity index (χ0) is 14.5. The number of benzene rings is 1. The van der Waals surface area contributed by atoms with Gasteiger partial charge in [-0.15, -0.1) is 0 Å². The van der Waals surface area contributed by atoms with Gasteiger partial charge in [0.1, 0.15) is 0 Å². The predicted molar refractivity (Wildman–Crippen MR) is 85.2 cm³/mol. The SMILES string of the molecule is CCC(C)c1cc([C@H](N)CO)ccc1N1CCCCC1. The Kier molecular flexibility index (Phi) is 5.44. The molecule has 1 aliphatic rings. The van der Waals surface area contributed by atoms with Gasteiger partial charge < -0.3 is 15.7 Å². The van der Waals surface area contributed by atoms with Crippen molar-refractivity contribution in [3.63, 3.8) is 0 Å². The van der Waals surface area contributed by atoms with Gasteiger partial charge in [-0.3, -0.25) is 0 Å². The maximum Gasteiger partial charge on any atom is 0.0624 e. The number of aliphatic hydroxyl groups is 1. The Morgan fingerprint density at radius 3 is 2.55 bits per heavy atom. The van der Waals surface area contributed by atoms with E-state index in [2.05, 4.69) is 36.9 Å². The molecule has 1 heterocycles. The van der Waals surface area contributed by atoms with E-state index in [1.807, 2.05) is 0 Å². The van der Waals surface area contributed by atoms with Gasteiger partial charge >= 0.3 is 0 Å². The fourth-order valence-corrected chi connectivity index (χ4v) is 2.95. The summed E-state index contributed by atoms with van der Waals surface area (Å²) in [7, 11) is 0. The smallest absolute Gasteiger partial charge is 0.0624 e. The topological polar surface area (TPSA) is 49.5 Å². The van der Waals surface area contributed by atoms with Crippen LogP contribution in [-0.2, 0) is 0 Å². The van der Waals surface area contributed by atoms with E-state index in [9.17, 15) is 5.11 Å². The van der Waals surface area contributed by atoms with Crippen molar-refractivity contribution >= 4 is 5.69 Å². The van der Waals surface area contributed by atoms with E-state index in [1.165, 1.54) is 30.5 Å². The first-order valence-electron chi connectivity index (χ1n) is 7.92. The number of hydrogen-bond donors (Lipinski definition) is 2. The van der Waals surface area contributed by atoms with E-state index < -0.39 is 0 Å². The maximum absolute atomic E-state index is 9.26. The molecule has 20 heavy (non-hydrogen) atoms. The third-order valence-corrected chi connectivity index (χ3v) is 4.52. The Morgan fingerprint density at radius 1 is 1.25 bits per heavy atom. The summed E-state index contributed by atoms with van der Waals surface area (Å²) in [6.07, 6.45) is 5.05. The van der Waals surface area contributed by atoms with Crippen LogP contribution in [0.2, 0.25) is 0 Å². The van der Waals surface area contributed by atoms with Crippen molar-refractivity contribution in [2.24, 2.45) is 5.73 Å². The van der Waals surface area contributed by atoms with Crippen molar-refractivity contribution in [3.05, 3.63) is 29.3 Å². The molecule has 0 bridgehead atoms. The van der Waals surface area contributed by atoms with Gasteiger partial charge in [-0.25, -0.2) is 0 Å². The van der Waals surface area contributed by atoms with Crippen LogP contribution in [0.1, 0.15) is 62.6 Å². The van der Waals surface area contributed by atoms with Crippen molar-refractivity contribution in [1.82, 2.24) is 0 Å². The molecule has 0 amide bonds. The zero-order valence-corrected chi connectivity index (χ0v) is 12.8. The third-order valence-electron chi connectivity index (χ3n) is 4.52. The molecule has 0 spiro atoms. The van der Waals surface area contributed by atoms with Crippen LogP contribution in [0, 0.1) is 0 Å². The highest BCUT2D eigenvalue weighted by Crippen LogP contribution is 2.33. The first-order valence-corrected chi connectivity index (χ1v) is 7.92. The first-order chi connectivity index (χ1) is 9.67. The predicted octanol–water partition coefficient (Wildman–Crippen LogP) is 3.18. The molecule has 1 saturated heterocycles. The number of hydrogen-bond acceptors (Lipinski definition) is 3. The van der Waals surface area contributed by atoms with E-state index >= 15 is 0 Å². The Hall–Kier alpha value is -1.06. The lowest BCUT2D eigenvalue weighted by Gasteiger charge is -2.32. The van der Waals surface area contributed by atoms with E-state index in [-0.39, 0.29) is 12.6 Å². The maximum atomic E-state index is 9.26. The molecule has 0 saturated carbocycles. The normalized spacial score (nSPS) is 18.9. The fourth-order valence-electron chi connectivity index (χ4n) is 2.95. The molecular weight excluding hydrogens is 248 g/mol. The first kappa shape index (κ1) is 15.3. The van der Waals surface area contributed by atoms with Gasteiger partial charge in [0.2, 0.25) is 0 Å². The molecule has 1 aromatic carbocycles. The average Bonchev–Trinajstić information content (AvgIpc) is 2.53. The number of piperidine rings is 1. The number of nitrogens with two attached hydrogens (primary N) is 1. The molecule has 1 aliphatic heterocycles. The van der Waals surface area contributed by atoms with Crippen molar-refractivity contribution in [1.29, 1.82) is 0 Å². The van der Waals surface area contributed by atoms with Crippen LogP contribution in [0.5, 0.6) is 0 Å². The van der Waals surface area contributed by atoms with Crippen LogP contribution < -0.4 is 10.6 Å². The summed E-state index contributed by atoms with van der Waals surface area (Å²) in [5.41, 5.74) is 9.77. The van der Waals surface area contributed by atoms with Gasteiger partial charge in [0.15, 0.2) is 0 Å². The average molecular weight is 276 g/mol. The van der Waals surface area contributed by atoms with Crippen molar-refractivity contribution in [2.75, 3.05) is 24.6 Å². The van der Waals surface area contributed by atoms with E-state index in [4.69, 9.17) is 5.73 Å². The van der Waals surface area contributed by atoms with Crippen LogP contribution in [0.15, 0.2) is 18.2 Å². The van der Waals surface area contributed by atoms with Crippen LogP contribution in [0.4, 0.5) is 5.69 Å². The van der Waals surface area contributed by atoms with Crippen LogP contribution in [0.3, 0.4) is 0 Å². The molecule has 2 rings (SSSR count). The standard InChI is InChI=1S/C17H28N2O/c1-3-13(2)15-11-14(16(18)12-20)7-8-17(15)19-9-5-4-6-10-19/h7-8,11,13,16,20H,3-6,9-10,12,18H2,1-2H3/t13?,16-/m1/s1. The molecule has 1 unspecified atom stereocenters.